The summed E-state index contributed by atoms with van der Waals surface area (Å²) < 4.78 is 21.2. The van der Waals surface area contributed by atoms with E-state index in [2.05, 4.69) is 26.0 Å². The minimum Gasteiger partial charge on any atom is -0.378 e. The van der Waals surface area contributed by atoms with E-state index >= 15 is 4.39 Å². The third kappa shape index (κ3) is 3.59. The summed E-state index contributed by atoms with van der Waals surface area (Å²) in [6.07, 6.45) is 12.2. The summed E-state index contributed by atoms with van der Waals surface area (Å²) in [5.41, 5.74) is 3.37. The minimum absolute atomic E-state index is 0.156. The maximum absolute atomic E-state index is 15.3. The van der Waals surface area contributed by atoms with Gasteiger partial charge in [-0.15, -0.1) is 0 Å². The van der Waals surface area contributed by atoms with Crippen LogP contribution in [0, 0.1) is 23.6 Å². The van der Waals surface area contributed by atoms with E-state index in [-0.39, 0.29) is 5.82 Å². The molecule has 3 aliphatic carbocycles. The van der Waals surface area contributed by atoms with Gasteiger partial charge in [0.25, 0.3) is 0 Å². The molecule has 0 N–H and O–H groups in total. The van der Waals surface area contributed by atoms with E-state index in [9.17, 15) is 0 Å². The summed E-state index contributed by atoms with van der Waals surface area (Å²) in [7, 11) is 0. The molecular weight excluding hydrogens is 323 g/mol. The highest BCUT2D eigenvalue weighted by Gasteiger charge is 2.37. The average molecular weight is 359 g/mol. The molecule has 1 nitrogen and oxygen atoms in total. The van der Waals surface area contributed by atoms with Crippen LogP contribution < -0.4 is 0 Å². The second kappa shape index (κ2) is 8.00. The fourth-order valence-corrected chi connectivity index (χ4v) is 6.08. The van der Waals surface area contributed by atoms with Gasteiger partial charge in [0, 0.05) is 6.61 Å². The highest BCUT2D eigenvalue weighted by Crippen LogP contribution is 2.47. The molecule has 144 valence electrons. The minimum atomic E-state index is 0.156. The topological polar surface area (TPSA) is 9.23 Å². The lowest BCUT2D eigenvalue weighted by Crippen LogP contribution is -2.34. The van der Waals surface area contributed by atoms with Gasteiger partial charge in [-0.2, -0.15) is 0 Å². The summed E-state index contributed by atoms with van der Waals surface area (Å²) in [6, 6.07) is 4.40. The van der Waals surface area contributed by atoms with Gasteiger partial charge >= 0.3 is 0 Å². The van der Waals surface area contributed by atoms with Gasteiger partial charge in [0.15, 0.2) is 0 Å². The van der Waals surface area contributed by atoms with E-state index in [1.807, 2.05) is 0 Å². The normalized spacial score (nSPS) is 34.2. The van der Waals surface area contributed by atoms with Crippen LogP contribution in [-0.2, 0) is 17.6 Å². The summed E-state index contributed by atoms with van der Waals surface area (Å²) in [4.78, 5) is 0. The molecule has 0 radical (unpaired) electrons. The van der Waals surface area contributed by atoms with Crippen molar-refractivity contribution in [2.45, 2.75) is 90.1 Å². The van der Waals surface area contributed by atoms with Crippen molar-refractivity contribution in [2.24, 2.45) is 17.8 Å². The van der Waals surface area contributed by atoms with Gasteiger partial charge in [0.05, 0.1) is 6.10 Å². The van der Waals surface area contributed by atoms with Gasteiger partial charge in [-0.1, -0.05) is 25.5 Å². The molecule has 0 amide bonds. The first-order valence-corrected chi connectivity index (χ1v) is 11.1. The smallest absolute Gasteiger partial charge is 0.130 e. The lowest BCUT2D eigenvalue weighted by molar-refractivity contribution is -0.00969. The Balaban J connectivity index is 1.46. The fraction of sp³-hybridized carbons (Fsp3) is 0.750. The largest absolute Gasteiger partial charge is 0.378 e. The summed E-state index contributed by atoms with van der Waals surface area (Å²) >= 11 is 0. The standard InChI is InChI=1S/C24H35FO/c1-3-16-5-11-22-19(13-16)9-12-23(24(22)25)20-7-6-18-15-21(26-4-2)10-8-17(18)14-20/h9,12,16-18,20-21H,3-8,10-11,13-15H2,1-2H3. The first-order chi connectivity index (χ1) is 12.7. The van der Waals surface area contributed by atoms with Crippen molar-refractivity contribution in [3.05, 3.63) is 34.6 Å². The second-order valence-corrected chi connectivity index (χ2v) is 9.04. The molecule has 0 spiro atoms. The molecule has 2 saturated carbocycles. The van der Waals surface area contributed by atoms with E-state index in [1.54, 1.807) is 0 Å². The van der Waals surface area contributed by atoms with Crippen LogP contribution in [0.4, 0.5) is 4.39 Å². The SMILES string of the molecule is CCOC1CCC2CC(c3ccc4c(c3F)CCC(CC)C4)CCC2C1. The Hall–Kier alpha value is -0.890. The quantitative estimate of drug-likeness (QED) is 0.602. The molecule has 2 fully saturated rings. The van der Waals surface area contributed by atoms with Crippen molar-refractivity contribution < 1.29 is 9.13 Å². The number of hydrogen-bond acceptors (Lipinski definition) is 1. The molecule has 0 aromatic heterocycles. The lowest BCUT2D eigenvalue weighted by Gasteiger charge is -2.42. The van der Waals surface area contributed by atoms with Crippen molar-refractivity contribution in [3.63, 3.8) is 0 Å². The molecule has 5 atom stereocenters. The summed E-state index contributed by atoms with van der Waals surface area (Å²) in [6.45, 7) is 5.20. The Bertz CT molecular complexity index is 625. The molecule has 0 heterocycles. The van der Waals surface area contributed by atoms with E-state index in [4.69, 9.17) is 4.74 Å². The fourth-order valence-electron chi connectivity index (χ4n) is 6.08. The third-order valence-corrected chi connectivity index (χ3v) is 7.67. The molecule has 0 saturated heterocycles. The van der Waals surface area contributed by atoms with Gasteiger partial charge in [0.1, 0.15) is 5.82 Å². The zero-order valence-corrected chi connectivity index (χ0v) is 16.6. The number of rotatable bonds is 4. The summed E-state index contributed by atoms with van der Waals surface area (Å²) in [5.74, 6) is 2.94. The Morgan fingerprint density at radius 1 is 1.00 bits per heavy atom. The zero-order valence-electron chi connectivity index (χ0n) is 16.6. The molecule has 3 aliphatic rings. The van der Waals surface area contributed by atoms with Gasteiger partial charge in [-0.3, -0.25) is 0 Å². The van der Waals surface area contributed by atoms with Gasteiger partial charge in [0.2, 0.25) is 0 Å². The van der Waals surface area contributed by atoms with Crippen molar-refractivity contribution in [2.75, 3.05) is 6.61 Å². The Morgan fingerprint density at radius 3 is 2.62 bits per heavy atom. The van der Waals surface area contributed by atoms with Gasteiger partial charge in [-0.05, 0) is 105 Å². The zero-order chi connectivity index (χ0) is 18.1. The number of halogens is 1. The summed E-state index contributed by atoms with van der Waals surface area (Å²) in [5, 5.41) is 0. The van der Waals surface area contributed by atoms with Crippen molar-refractivity contribution >= 4 is 0 Å². The Morgan fingerprint density at radius 2 is 1.81 bits per heavy atom. The van der Waals surface area contributed by atoms with Gasteiger partial charge in [-0.25, -0.2) is 4.39 Å². The number of fused-ring (bicyclic) bond motifs is 2. The van der Waals surface area contributed by atoms with Crippen LogP contribution in [0.3, 0.4) is 0 Å². The first kappa shape index (κ1) is 18.5. The molecule has 26 heavy (non-hydrogen) atoms. The van der Waals surface area contributed by atoms with Crippen molar-refractivity contribution in [1.29, 1.82) is 0 Å². The molecule has 1 aromatic rings. The van der Waals surface area contributed by atoms with Crippen LogP contribution in [0.15, 0.2) is 12.1 Å². The highest BCUT2D eigenvalue weighted by molar-refractivity contribution is 5.38. The number of hydrogen-bond donors (Lipinski definition) is 0. The van der Waals surface area contributed by atoms with Crippen LogP contribution in [-0.4, -0.2) is 12.7 Å². The molecule has 4 rings (SSSR count). The lowest BCUT2D eigenvalue weighted by atomic mass is 9.65. The maximum Gasteiger partial charge on any atom is 0.130 e. The average Bonchev–Trinajstić information content (AvgIpc) is 2.68. The van der Waals surface area contributed by atoms with Gasteiger partial charge < -0.3 is 4.74 Å². The predicted molar refractivity (Wildman–Crippen MR) is 105 cm³/mol. The number of benzene rings is 1. The van der Waals surface area contributed by atoms with E-state index in [1.165, 1.54) is 44.1 Å². The Kier molecular flexibility index (Phi) is 5.69. The second-order valence-electron chi connectivity index (χ2n) is 9.04. The monoisotopic (exact) mass is 358 g/mol. The van der Waals surface area contributed by atoms with Crippen LogP contribution in [0.2, 0.25) is 0 Å². The van der Waals surface area contributed by atoms with Crippen LogP contribution >= 0.6 is 0 Å². The third-order valence-electron chi connectivity index (χ3n) is 7.67. The molecule has 2 heteroatoms. The van der Waals surface area contributed by atoms with E-state index < -0.39 is 0 Å². The first-order valence-electron chi connectivity index (χ1n) is 11.1. The van der Waals surface area contributed by atoms with E-state index in [0.29, 0.717) is 12.0 Å². The maximum atomic E-state index is 15.3. The van der Waals surface area contributed by atoms with Crippen LogP contribution in [0.1, 0.15) is 87.8 Å². The Labute approximate surface area is 158 Å². The molecule has 0 aliphatic heterocycles. The number of ether oxygens (including phenoxy) is 1. The molecule has 1 aromatic carbocycles. The molecule has 0 bridgehead atoms. The molecule has 5 unspecified atom stereocenters. The van der Waals surface area contributed by atoms with Crippen LogP contribution in [0.25, 0.3) is 0 Å². The van der Waals surface area contributed by atoms with Crippen molar-refractivity contribution in [3.8, 4) is 0 Å². The highest BCUT2D eigenvalue weighted by atomic mass is 19.1. The van der Waals surface area contributed by atoms with Crippen molar-refractivity contribution in [1.82, 2.24) is 0 Å². The van der Waals surface area contributed by atoms with Crippen LogP contribution in [0.5, 0.6) is 0 Å². The van der Waals surface area contributed by atoms with E-state index in [0.717, 1.165) is 61.2 Å². The predicted octanol–water partition coefficient (Wildman–Crippen LogP) is 6.43. The molecular formula is C24H35FO.